The largest absolute Gasteiger partial charge is 0.490 e. The van der Waals surface area contributed by atoms with Crippen molar-refractivity contribution >= 4 is 27.8 Å². The maximum absolute atomic E-state index is 12.6. The maximum atomic E-state index is 12.6. The predicted molar refractivity (Wildman–Crippen MR) is 94.9 cm³/mol. The Morgan fingerprint density at radius 3 is 2.64 bits per heavy atom. The SMILES string of the molecule is O=C(O)C1CCN(C(=O)c2ccc(OCC3CCCO3)c(Br)c2)CC1. The average molecular weight is 412 g/mol. The summed E-state index contributed by atoms with van der Waals surface area (Å²) in [6, 6.07) is 5.30. The molecule has 6 nitrogen and oxygen atoms in total. The first-order chi connectivity index (χ1) is 12.0. The van der Waals surface area contributed by atoms with Gasteiger partial charge >= 0.3 is 5.97 Å². The predicted octanol–water partition coefficient (Wildman–Crippen LogP) is 2.94. The third kappa shape index (κ3) is 4.52. The molecule has 1 N–H and O–H groups in total. The molecule has 2 heterocycles. The van der Waals surface area contributed by atoms with Gasteiger partial charge in [-0.05, 0) is 59.8 Å². The summed E-state index contributed by atoms with van der Waals surface area (Å²) in [7, 11) is 0. The lowest BCUT2D eigenvalue weighted by molar-refractivity contribution is -0.143. The summed E-state index contributed by atoms with van der Waals surface area (Å²) >= 11 is 3.46. The molecular weight excluding hydrogens is 390 g/mol. The van der Waals surface area contributed by atoms with Gasteiger partial charge in [0.05, 0.1) is 16.5 Å². The van der Waals surface area contributed by atoms with Crippen LogP contribution in [0.2, 0.25) is 0 Å². The highest BCUT2D eigenvalue weighted by Crippen LogP contribution is 2.28. The number of likely N-dealkylation sites (tertiary alicyclic amines) is 1. The maximum Gasteiger partial charge on any atom is 0.306 e. The van der Waals surface area contributed by atoms with E-state index >= 15 is 0 Å². The lowest BCUT2D eigenvalue weighted by Crippen LogP contribution is -2.40. The fraction of sp³-hybridized carbons (Fsp3) is 0.556. The van der Waals surface area contributed by atoms with Crippen molar-refractivity contribution in [2.24, 2.45) is 5.92 Å². The number of benzene rings is 1. The summed E-state index contributed by atoms with van der Waals surface area (Å²) in [6.07, 6.45) is 3.24. The number of carbonyl (C=O) groups is 2. The van der Waals surface area contributed by atoms with Crippen molar-refractivity contribution in [2.75, 3.05) is 26.3 Å². The highest BCUT2D eigenvalue weighted by molar-refractivity contribution is 9.10. The van der Waals surface area contributed by atoms with E-state index in [9.17, 15) is 9.59 Å². The quantitative estimate of drug-likeness (QED) is 0.805. The number of carboxylic acids is 1. The zero-order valence-electron chi connectivity index (χ0n) is 13.9. The number of piperidine rings is 1. The third-order valence-corrected chi connectivity index (χ3v) is 5.38. The lowest BCUT2D eigenvalue weighted by Gasteiger charge is -2.30. The highest BCUT2D eigenvalue weighted by Gasteiger charge is 2.27. The fourth-order valence-electron chi connectivity index (χ4n) is 3.22. The van der Waals surface area contributed by atoms with E-state index in [4.69, 9.17) is 14.6 Å². The Labute approximate surface area is 155 Å². The van der Waals surface area contributed by atoms with Gasteiger partial charge in [-0.2, -0.15) is 0 Å². The Hall–Kier alpha value is -1.60. The molecular formula is C18H22BrNO5. The van der Waals surface area contributed by atoms with Crippen molar-refractivity contribution < 1.29 is 24.2 Å². The Bertz CT molecular complexity index is 636. The summed E-state index contributed by atoms with van der Waals surface area (Å²) in [5, 5.41) is 9.04. The molecule has 1 aromatic carbocycles. The second-order valence-electron chi connectivity index (χ2n) is 6.50. The van der Waals surface area contributed by atoms with Crippen LogP contribution >= 0.6 is 15.9 Å². The highest BCUT2D eigenvalue weighted by atomic mass is 79.9. The summed E-state index contributed by atoms with van der Waals surface area (Å²) in [5.41, 5.74) is 0.574. The minimum Gasteiger partial charge on any atom is -0.490 e. The number of carboxylic acid groups (broad SMARTS) is 1. The van der Waals surface area contributed by atoms with Crippen LogP contribution in [-0.2, 0) is 9.53 Å². The molecule has 3 rings (SSSR count). The van der Waals surface area contributed by atoms with Crippen LogP contribution in [-0.4, -0.2) is 54.3 Å². The molecule has 1 atom stereocenters. The summed E-state index contributed by atoms with van der Waals surface area (Å²) in [6.45, 7) is 2.26. The number of rotatable bonds is 5. The van der Waals surface area contributed by atoms with Gasteiger partial charge in [0, 0.05) is 25.3 Å². The zero-order valence-corrected chi connectivity index (χ0v) is 15.5. The molecule has 136 valence electrons. The van der Waals surface area contributed by atoms with Crippen LogP contribution in [0.15, 0.2) is 22.7 Å². The first kappa shape index (κ1) is 18.2. The smallest absolute Gasteiger partial charge is 0.306 e. The number of hydrogen-bond donors (Lipinski definition) is 1. The van der Waals surface area contributed by atoms with Crippen molar-refractivity contribution in [3.05, 3.63) is 28.2 Å². The number of carbonyl (C=O) groups excluding carboxylic acids is 1. The van der Waals surface area contributed by atoms with Gasteiger partial charge in [0.25, 0.3) is 5.91 Å². The molecule has 25 heavy (non-hydrogen) atoms. The zero-order chi connectivity index (χ0) is 17.8. The number of aliphatic carboxylic acids is 1. The van der Waals surface area contributed by atoms with E-state index in [2.05, 4.69) is 15.9 Å². The molecule has 0 spiro atoms. The molecule has 0 aromatic heterocycles. The first-order valence-corrected chi connectivity index (χ1v) is 9.40. The van der Waals surface area contributed by atoms with Gasteiger partial charge in [0.15, 0.2) is 0 Å². The number of halogens is 1. The van der Waals surface area contributed by atoms with Crippen molar-refractivity contribution in [1.29, 1.82) is 0 Å². The Kier molecular flexibility index (Phi) is 5.96. The summed E-state index contributed by atoms with van der Waals surface area (Å²) in [4.78, 5) is 25.3. The van der Waals surface area contributed by atoms with Gasteiger partial charge in [-0.15, -0.1) is 0 Å². The Balaban J connectivity index is 1.58. The topological polar surface area (TPSA) is 76.1 Å². The van der Waals surface area contributed by atoms with Crippen LogP contribution in [0.25, 0.3) is 0 Å². The van der Waals surface area contributed by atoms with E-state index in [1.54, 1.807) is 23.1 Å². The number of amides is 1. The number of nitrogens with zero attached hydrogens (tertiary/aromatic N) is 1. The van der Waals surface area contributed by atoms with Crippen LogP contribution in [0.5, 0.6) is 5.75 Å². The van der Waals surface area contributed by atoms with E-state index < -0.39 is 5.97 Å². The number of hydrogen-bond acceptors (Lipinski definition) is 4. The van der Waals surface area contributed by atoms with E-state index in [-0.39, 0.29) is 17.9 Å². The lowest BCUT2D eigenvalue weighted by atomic mass is 9.96. The molecule has 0 saturated carbocycles. The molecule has 7 heteroatoms. The molecule has 2 aliphatic heterocycles. The van der Waals surface area contributed by atoms with Gasteiger partial charge in [0.2, 0.25) is 0 Å². The van der Waals surface area contributed by atoms with Crippen LogP contribution in [0.3, 0.4) is 0 Å². The second-order valence-corrected chi connectivity index (χ2v) is 7.35. The molecule has 0 bridgehead atoms. The van der Waals surface area contributed by atoms with Crippen molar-refractivity contribution in [2.45, 2.75) is 31.8 Å². The van der Waals surface area contributed by atoms with Gasteiger partial charge in [-0.25, -0.2) is 0 Å². The molecule has 1 aromatic rings. The molecule has 2 aliphatic rings. The first-order valence-electron chi connectivity index (χ1n) is 8.60. The van der Waals surface area contributed by atoms with Crippen LogP contribution < -0.4 is 4.74 Å². The minimum atomic E-state index is -0.775. The van der Waals surface area contributed by atoms with E-state index in [1.807, 2.05) is 0 Å². The average Bonchev–Trinajstić information content (AvgIpc) is 3.13. The van der Waals surface area contributed by atoms with Crippen molar-refractivity contribution in [1.82, 2.24) is 4.90 Å². The molecule has 2 saturated heterocycles. The number of ether oxygens (including phenoxy) is 2. The van der Waals surface area contributed by atoms with Gasteiger partial charge in [-0.3, -0.25) is 9.59 Å². The molecule has 1 amide bonds. The summed E-state index contributed by atoms with van der Waals surface area (Å²) < 4.78 is 12.1. The van der Waals surface area contributed by atoms with E-state index in [0.717, 1.165) is 23.9 Å². The van der Waals surface area contributed by atoms with Crippen LogP contribution in [0.4, 0.5) is 0 Å². The molecule has 0 aliphatic carbocycles. The molecule has 1 unspecified atom stereocenters. The molecule has 2 fully saturated rings. The molecule has 0 radical (unpaired) electrons. The van der Waals surface area contributed by atoms with Crippen molar-refractivity contribution in [3.8, 4) is 5.75 Å². The minimum absolute atomic E-state index is 0.0739. The van der Waals surface area contributed by atoms with Gasteiger partial charge in [-0.1, -0.05) is 0 Å². The van der Waals surface area contributed by atoms with Crippen LogP contribution in [0.1, 0.15) is 36.0 Å². The monoisotopic (exact) mass is 411 g/mol. The Morgan fingerprint density at radius 1 is 1.28 bits per heavy atom. The Morgan fingerprint density at radius 2 is 2.04 bits per heavy atom. The second kappa shape index (κ2) is 8.19. The normalized spacial score (nSPS) is 21.3. The fourth-order valence-corrected chi connectivity index (χ4v) is 3.71. The summed E-state index contributed by atoms with van der Waals surface area (Å²) in [5.74, 6) is -0.501. The van der Waals surface area contributed by atoms with E-state index in [1.165, 1.54) is 0 Å². The van der Waals surface area contributed by atoms with Crippen molar-refractivity contribution in [3.63, 3.8) is 0 Å². The third-order valence-electron chi connectivity index (χ3n) is 4.76. The van der Waals surface area contributed by atoms with Gasteiger partial charge in [0.1, 0.15) is 12.4 Å². The van der Waals surface area contributed by atoms with E-state index in [0.29, 0.717) is 43.9 Å². The standard InChI is InChI=1S/C18H22BrNO5/c19-15-10-13(3-4-16(15)25-11-14-2-1-9-24-14)17(21)20-7-5-12(6-8-20)18(22)23/h3-4,10,12,14H,1-2,5-9,11H2,(H,22,23). The van der Waals surface area contributed by atoms with Gasteiger partial charge < -0.3 is 19.5 Å². The van der Waals surface area contributed by atoms with Crippen LogP contribution in [0, 0.1) is 5.92 Å².